The molecule has 0 fully saturated rings. The third-order valence-corrected chi connectivity index (χ3v) is 6.42. The van der Waals surface area contributed by atoms with Crippen molar-refractivity contribution >= 4 is 22.3 Å². The molecule has 1 aliphatic rings. The molecule has 32 heavy (non-hydrogen) atoms. The van der Waals surface area contributed by atoms with Gasteiger partial charge < -0.3 is 0 Å². The highest BCUT2D eigenvalue weighted by atomic mass is 14.3. The van der Waals surface area contributed by atoms with Crippen LogP contribution in [0.2, 0.25) is 0 Å². The summed E-state index contributed by atoms with van der Waals surface area (Å²) < 4.78 is 0. The Kier molecular flexibility index (Phi) is 7.15. The maximum atomic E-state index is 4.41. The second-order valence-corrected chi connectivity index (χ2v) is 8.86. The molecule has 2 aromatic carbocycles. The SMILES string of the molecule is C=C(CCC(=C)c1ccccc1)/C(C)=C/C=C(\C)C1C(=C)c2ccc(C(=C)C)cc2C1=C. The lowest BCUT2D eigenvalue weighted by molar-refractivity contribution is 1.00. The fraction of sp³-hybridized carbons (Fsp3) is 0.188. The van der Waals surface area contributed by atoms with Gasteiger partial charge in [0.1, 0.15) is 0 Å². The fourth-order valence-corrected chi connectivity index (χ4v) is 4.21. The molecule has 0 heterocycles. The van der Waals surface area contributed by atoms with Crippen molar-refractivity contribution in [3.05, 3.63) is 133 Å². The highest BCUT2D eigenvalue weighted by Gasteiger charge is 2.30. The number of rotatable bonds is 8. The van der Waals surface area contributed by atoms with Crippen molar-refractivity contribution < 1.29 is 0 Å². The first-order chi connectivity index (χ1) is 15.2. The van der Waals surface area contributed by atoms with Gasteiger partial charge in [0.2, 0.25) is 0 Å². The molecule has 2 aromatic rings. The molecule has 0 saturated carbocycles. The molecule has 0 nitrogen and oxygen atoms in total. The van der Waals surface area contributed by atoms with Gasteiger partial charge in [0.05, 0.1) is 0 Å². The summed E-state index contributed by atoms with van der Waals surface area (Å²) in [6.45, 7) is 27.7. The van der Waals surface area contributed by atoms with E-state index < -0.39 is 0 Å². The predicted molar refractivity (Wildman–Crippen MR) is 144 cm³/mol. The second kappa shape index (κ2) is 9.83. The monoisotopic (exact) mass is 418 g/mol. The fourth-order valence-electron chi connectivity index (χ4n) is 4.21. The van der Waals surface area contributed by atoms with Crippen molar-refractivity contribution in [1.82, 2.24) is 0 Å². The van der Waals surface area contributed by atoms with Crippen molar-refractivity contribution in [2.75, 3.05) is 0 Å². The van der Waals surface area contributed by atoms with Gasteiger partial charge >= 0.3 is 0 Å². The van der Waals surface area contributed by atoms with E-state index in [1.807, 2.05) is 13.0 Å². The van der Waals surface area contributed by atoms with Gasteiger partial charge in [-0.1, -0.05) is 104 Å². The van der Waals surface area contributed by atoms with E-state index in [-0.39, 0.29) is 5.92 Å². The third kappa shape index (κ3) is 4.92. The summed E-state index contributed by atoms with van der Waals surface area (Å²) in [5, 5.41) is 0. The van der Waals surface area contributed by atoms with Crippen LogP contribution >= 0.6 is 0 Å². The minimum absolute atomic E-state index is 0.139. The number of hydrogen-bond donors (Lipinski definition) is 0. The van der Waals surface area contributed by atoms with Crippen LogP contribution in [-0.2, 0) is 0 Å². The molecule has 0 spiro atoms. The van der Waals surface area contributed by atoms with Gasteiger partial charge in [0.15, 0.2) is 0 Å². The van der Waals surface area contributed by atoms with Crippen LogP contribution in [0.1, 0.15) is 55.9 Å². The molecule has 1 atom stereocenters. The van der Waals surface area contributed by atoms with E-state index in [2.05, 4.69) is 101 Å². The zero-order valence-electron chi connectivity index (χ0n) is 19.8. The predicted octanol–water partition coefficient (Wildman–Crippen LogP) is 9.32. The van der Waals surface area contributed by atoms with Crippen LogP contribution in [0.5, 0.6) is 0 Å². The Balaban J connectivity index is 1.69. The van der Waals surface area contributed by atoms with Gasteiger partial charge in [-0.15, -0.1) is 0 Å². The van der Waals surface area contributed by atoms with E-state index in [0.717, 1.165) is 46.3 Å². The molecule has 0 radical (unpaired) electrons. The maximum Gasteiger partial charge on any atom is 0.0299 e. The van der Waals surface area contributed by atoms with Crippen LogP contribution in [-0.4, -0.2) is 0 Å². The van der Waals surface area contributed by atoms with Gasteiger partial charge in [-0.2, -0.15) is 0 Å². The number of benzene rings is 2. The lowest BCUT2D eigenvalue weighted by atomic mass is 9.90. The Labute approximate surface area is 194 Å². The van der Waals surface area contributed by atoms with E-state index in [1.165, 1.54) is 27.8 Å². The summed E-state index contributed by atoms with van der Waals surface area (Å²) >= 11 is 0. The molecule has 0 saturated heterocycles. The van der Waals surface area contributed by atoms with Crippen molar-refractivity contribution in [3.63, 3.8) is 0 Å². The second-order valence-electron chi connectivity index (χ2n) is 8.86. The molecular weight excluding hydrogens is 384 g/mol. The highest BCUT2D eigenvalue weighted by molar-refractivity contribution is 5.96. The first kappa shape index (κ1) is 23.3. The van der Waals surface area contributed by atoms with E-state index in [1.54, 1.807) is 0 Å². The quantitative estimate of drug-likeness (QED) is 0.375. The normalized spacial score (nSPS) is 16.2. The van der Waals surface area contributed by atoms with Gasteiger partial charge in [0.25, 0.3) is 0 Å². The number of fused-ring (bicyclic) bond motifs is 1. The van der Waals surface area contributed by atoms with Crippen molar-refractivity contribution in [1.29, 1.82) is 0 Å². The summed E-state index contributed by atoms with van der Waals surface area (Å²) in [7, 11) is 0. The summed E-state index contributed by atoms with van der Waals surface area (Å²) in [6, 6.07) is 16.8. The first-order valence-electron chi connectivity index (χ1n) is 11.2. The van der Waals surface area contributed by atoms with E-state index in [0.29, 0.717) is 0 Å². The highest BCUT2D eigenvalue weighted by Crippen LogP contribution is 2.47. The Bertz CT molecular complexity index is 1160. The zero-order valence-corrected chi connectivity index (χ0v) is 19.8. The molecule has 0 bridgehead atoms. The van der Waals surface area contributed by atoms with Crippen LogP contribution in [0.25, 0.3) is 22.3 Å². The van der Waals surface area contributed by atoms with Crippen LogP contribution in [0, 0.1) is 5.92 Å². The molecule has 3 rings (SSSR count). The summed E-state index contributed by atoms with van der Waals surface area (Å²) in [5.41, 5.74) is 12.8. The molecule has 0 amide bonds. The number of allylic oxidation sites excluding steroid dienone is 9. The zero-order chi connectivity index (χ0) is 23.4. The summed E-state index contributed by atoms with van der Waals surface area (Å²) in [5.74, 6) is 0.139. The largest absolute Gasteiger partial charge is 0.0956 e. The summed E-state index contributed by atoms with van der Waals surface area (Å²) in [4.78, 5) is 0. The maximum absolute atomic E-state index is 4.41. The molecule has 162 valence electrons. The molecule has 0 aromatic heterocycles. The van der Waals surface area contributed by atoms with Gasteiger partial charge in [-0.05, 0) is 84.2 Å². The minimum atomic E-state index is 0.139. The van der Waals surface area contributed by atoms with E-state index in [4.69, 9.17) is 0 Å². The first-order valence-corrected chi connectivity index (χ1v) is 11.2. The van der Waals surface area contributed by atoms with E-state index in [9.17, 15) is 0 Å². The Morgan fingerprint density at radius 3 is 2.09 bits per heavy atom. The Hall–Kier alpha value is -3.38. The lowest BCUT2D eigenvalue weighted by Gasteiger charge is -2.14. The van der Waals surface area contributed by atoms with Crippen molar-refractivity contribution in [2.45, 2.75) is 33.6 Å². The minimum Gasteiger partial charge on any atom is -0.0956 e. The topological polar surface area (TPSA) is 0 Å². The molecule has 0 N–H and O–H groups in total. The summed E-state index contributed by atoms with van der Waals surface area (Å²) in [6.07, 6.45) is 6.18. The average Bonchev–Trinajstić information content (AvgIpc) is 3.05. The standard InChI is InChI=1S/C32H34/c1-21(2)29-18-19-30-26(7)32(27(8)31(30)20-29)25(6)17-15-23(4)22(3)14-16-24(5)28-12-10-9-11-13-28/h9-13,15,17-20,32H,1,3,5,7-8,14,16H2,2,4,6H3/b23-15+,25-17+. The molecule has 0 heteroatoms. The Morgan fingerprint density at radius 2 is 1.44 bits per heavy atom. The molecule has 1 unspecified atom stereocenters. The van der Waals surface area contributed by atoms with Gasteiger partial charge in [-0.25, -0.2) is 0 Å². The Morgan fingerprint density at radius 1 is 0.781 bits per heavy atom. The van der Waals surface area contributed by atoms with Crippen LogP contribution < -0.4 is 0 Å². The lowest BCUT2D eigenvalue weighted by Crippen LogP contribution is -1.98. The molecule has 1 aliphatic carbocycles. The van der Waals surface area contributed by atoms with Crippen LogP contribution in [0.4, 0.5) is 0 Å². The average molecular weight is 419 g/mol. The van der Waals surface area contributed by atoms with Gasteiger partial charge in [-0.3, -0.25) is 0 Å². The van der Waals surface area contributed by atoms with Crippen molar-refractivity contribution in [3.8, 4) is 0 Å². The molecular formula is C32H34. The number of hydrogen-bond acceptors (Lipinski definition) is 0. The van der Waals surface area contributed by atoms with Crippen molar-refractivity contribution in [2.24, 2.45) is 5.92 Å². The van der Waals surface area contributed by atoms with Crippen LogP contribution in [0.3, 0.4) is 0 Å². The molecule has 0 aliphatic heterocycles. The smallest absolute Gasteiger partial charge is 0.0299 e. The van der Waals surface area contributed by atoms with Crippen LogP contribution in [0.15, 0.2) is 110 Å². The van der Waals surface area contributed by atoms with Gasteiger partial charge in [0, 0.05) is 5.92 Å². The van der Waals surface area contributed by atoms with E-state index >= 15 is 0 Å². The third-order valence-electron chi connectivity index (χ3n) is 6.42.